The zero-order valence-electron chi connectivity index (χ0n) is 17.1. The van der Waals surface area contributed by atoms with Gasteiger partial charge in [0.05, 0.1) is 6.54 Å². The highest BCUT2D eigenvalue weighted by molar-refractivity contribution is 6.30. The molecule has 0 atom stereocenters. The number of aryl methyl sites for hydroxylation is 1. The molecule has 0 aliphatic rings. The molecule has 5 heteroatoms. The predicted octanol–water partition coefficient (Wildman–Crippen LogP) is 6.20. The van der Waals surface area contributed by atoms with Crippen molar-refractivity contribution in [3.05, 3.63) is 88.7 Å². The van der Waals surface area contributed by atoms with Crippen LogP contribution in [0.3, 0.4) is 0 Å². The van der Waals surface area contributed by atoms with Gasteiger partial charge in [-0.25, -0.2) is 4.79 Å². The zero-order valence-corrected chi connectivity index (χ0v) is 17.8. The highest BCUT2D eigenvalue weighted by atomic mass is 35.5. The Labute approximate surface area is 178 Å². The molecule has 2 aromatic carbocycles. The van der Waals surface area contributed by atoms with Crippen molar-refractivity contribution in [2.24, 2.45) is 0 Å². The summed E-state index contributed by atoms with van der Waals surface area (Å²) in [4.78, 5) is 14.8. The Kier molecular flexibility index (Phi) is 7.36. The van der Waals surface area contributed by atoms with Gasteiger partial charge in [0.15, 0.2) is 0 Å². The topological polar surface area (TPSA) is 37.3 Å². The van der Waals surface area contributed by atoms with Crippen molar-refractivity contribution in [2.45, 2.75) is 39.8 Å². The first-order valence-electron chi connectivity index (χ1n) is 10.1. The van der Waals surface area contributed by atoms with Crippen molar-refractivity contribution in [3.63, 3.8) is 0 Å². The molecule has 29 heavy (non-hydrogen) atoms. The second kappa shape index (κ2) is 10.2. The number of hydrogen-bond acceptors (Lipinski definition) is 1. The Morgan fingerprint density at radius 3 is 2.59 bits per heavy atom. The minimum Gasteiger partial charge on any atom is -0.345 e. The lowest BCUT2D eigenvalue weighted by Crippen LogP contribution is -2.35. The van der Waals surface area contributed by atoms with Gasteiger partial charge in [-0.15, -0.1) is 0 Å². The minimum atomic E-state index is -0.0735. The van der Waals surface area contributed by atoms with Gasteiger partial charge in [0.2, 0.25) is 0 Å². The maximum atomic E-state index is 12.9. The number of nitrogens with one attached hydrogen (secondary N) is 1. The molecule has 0 fully saturated rings. The van der Waals surface area contributed by atoms with E-state index in [0.717, 1.165) is 41.4 Å². The van der Waals surface area contributed by atoms with Crippen molar-refractivity contribution in [1.29, 1.82) is 0 Å². The third kappa shape index (κ3) is 5.88. The number of amides is 2. The molecule has 1 aromatic heterocycles. The van der Waals surface area contributed by atoms with Crippen molar-refractivity contribution < 1.29 is 4.79 Å². The fourth-order valence-electron chi connectivity index (χ4n) is 3.37. The minimum absolute atomic E-state index is 0.0735. The first-order chi connectivity index (χ1) is 14.1. The maximum absolute atomic E-state index is 12.9. The fourth-order valence-corrected chi connectivity index (χ4v) is 3.58. The Balaban J connectivity index is 1.72. The lowest BCUT2D eigenvalue weighted by molar-refractivity contribution is 0.208. The highest BCUT2D eigenvalue weighted by Gasteiger charge is 2.15. The second-order valence-electron chi connectivity index (χ2n) is 7.16. The molecule has 0 radical (unpaired) electrons. The molecule has 1 N–H and O–H groups in total. The van der Waals surface area contributed by atoms with Crippen LogP contribution in [0.15, 0.2) is 66.9 Å². The number of urea groups is 1. The molecular weight excluding hydrogens is 382 g/mol. The molecule has 0 saturated carbocycles. The van der Waals surface area contributed by atoms with Gasteiger partial charge >= 0.3 is 6.03 Å². The molecule has 1 heterocycles. The molecule has 0 aliphatic carbocycles. The molecule has 0 spiro atoms. The van der Waals surface area contributed by atoms with Crippen LogP contribution in [0.2, 0.25) is 5.02 Å². The lowest BCUT2D eigenvalue weighted by atomic mass is 10.1. The van der Waals surface area contributed by atoms with Crippen LogP contribution >= 0.6 is 11.6 Å². The average molecular weight is 410 g/mol. The third-order valence-electron chi connectivity index (χ3n) is 4.89. The van der Waals surface area contributed by atoms with E-state index in [4.69, 9.17) is 11.6 Å². The average Bonchev–Trinajstić information content (AvgIpc) is 3.14. The molecule has 3 aromatic rings. The lowest BCUT2D eigenvalue weighted by Gasteiger charge is -2.24. The molecule has 0 aliphatic heterocycles. The summed E-state index contributed by atoms with van der Waals surface area (Å²) >= 11 is 6.12. The normalized spacial score (nSPS) is 10.7. The second-order valence-corrected chi connectivity index (χ2v) is 7.60. The van der Waals surface area contributed by atoms with Crippen LogP contribution in [0.1, 0.15) is 37.1 Å². The van der Waals surface area contributed by atoms with Crippen LogP contribution in [-0.2, 0) is 19.5 Å². The van der Waals surface area contributed by atoms with Crippen molar-refractivity contribution >= 4 is 23.3 Å². The van der Waals surface area contributed by atoms with E-state index in [1.54, 1.807) is 0 Å². The molecule has 0 bridgehead atoms. The van der Waals surface area contributed by atoms with Crippen LogP contribution < -0.4 is 5.32 Å². The summed E-state index contributed by atoms with van der Waals surface area (Å²) in [7, 11) is 0. The number of carbonyl (C=O) groups is 1. The van der Waals surface area contributed by atoms with Crippen LogP contribution in [0.4, 0.5) is 10.5 Å². The maximum Gasteiger partial charge on any atom is 0.322 e. The zero-order chi connectivity index (χ0) is 20.6. The molecule has 2 amide bonds. The van der Waals surface area contributed by atoms with Gasteiger partial charge in [0.1, 0.15) is 0 Å². The number of carbonyl (C=O) groups excluding carboxylic acids is 1. The van der Waals surface area contributed by atoms with Gasteiger partial charge in [-0.3, -0.25) is 0 Å². The quantitative estimate of drug-likeness (QED) is 0.472. The van der Waals surface area contributed by atoms with E-state index in [1.165, 1.54) is 5.56 Å². The van der Waals surface area contributed by atoms with E-state index < -0.39 is 0 Å². The fraction of sp³-hybridized carbons (Fsp3) is 0.292. The van der Waals surface area contributed by atoms with Gasteiger partial charge in [0, 0.05) is 35.7 Å². The number of benzene rings is 2. The standard InChI is InChI=1S/C24H28ClN3O/c1-3-13-28(24(29)26-22-11-6-8-19(4-2)16-22)18-23-12-7-14-27(23)17-20-9-5-10-21(25)15-20/h5-12,14-16H,3-4,13,17-18H2,1-2H3,(H,26,29). The van der Waals surface area contributed by atoms with Gasteiger partial charge in [-0.2, -0.15) is 0 Å². The first-order valence-corrected chi connectivity index (χ1v) is 10.5. The van der Waals surface area contributed by atoms with E-state index in [0.29, 0.717) is 13.1 Å². The Morgan fingerprint density at radius 2 is 1.83 bits per heavy atom. The summed E-state index contributed by atoms with van der Waals surface area (Å²) in [6.45, 7) is 6.17. The third-order valence-corrected chi connectivity index (χ3v) is 5.12. The van der Waals surface area contributed by atoms with E-state index in [2.05, 4.69) is 41.9 Å². The van der Waals surface area contributed by atoms with Crippen LogP contribution in [0, 0.1) is 0 Å². The SMILES string of the molecule is CCCN(Cc1cccn1Cc1cccc(Cl)c1)C(=O)Nc1cccc(CC)c1. The number of aromatic nitrogens is 1. The summed E-state index contributed by atoms with van der Waals surface area (Å²) < 4.78 is 2.17. The van der Waals surface area contributed by atoms with Crippen molar-refractivity contribution in [2.75, 3.05) is 11.9 Å². The number of nitrogens with zero attached hydrogens (tertiary/aromatic N) is 2. The smallest absolute Gasteiger partial charge is 0.322 e. The van der Waals surface area contributed by atoms with Crippen LogP contribution in [0.5, 0.6) is 0 Å². The van der Waals surface area contributed by atoms with Gasteiger partial charge < -0.3 is 14.8 Å². The predicted molar refractivity (Wildman–Crippen MR) is 121 cm³/mol. The summed E-state index contributed by atoms with van der Waals surface area (Å²) in [5, 5.41) is 3.78. The van der Waals surface area contributed by atoms with Gasteiger partial charge in [-0.1, -0.05) is 49.7 Å². The Hall–Kier alpha value is -2.72. The van der Waals surface area contributed by atoms with Gasteiger partial charge in [-0.05, 0) is 60.4 Å². The number of rotatable bonds is 8. The Bertz CT molecular complexity index is 951. The van der Waals surface area contributed by atoms with E-state index >= 15 is 0 Å². The van der Waals surface area contributed by atoms with E-state index in [9.17, 15) is 4.79 Å². The van der Waals surface area contributed by atoms with Crippen LogP contribution in [-0.4, -0.2) is 22.0 Å². The van der Waals surface area contributed by atoms with Crippen molar-refractivity contribution in [1.82, 2.24) is 9.47 Å². The monoisotopic (exact) mass is 409 g/mol. The molecular formula is C24H28ClN3O. The number of anilines is 1. The number of hydrogen-bond donors (Lipinski definition) is 1. The molecule has 0 saturated heterocycles. The first kappa shape index (κ1) is 21.0. The summed E-state index contributed by atoms with van der Waals surface area (Å²) in [6, 6.07) is 19.9. The molecule has 3 rings (SSSR count). The molecule has 0 unspecified atom stereocenters. The molecule has 4 nitrogen and oxygen atoms in total. The Morgan fingerprint density at radius 1 is 1.03 bits per heavy atom. The van der Waals surface area contributed by atoms with Crippen molar-refractivity contribution in [3.8, 4) is 0 Å². The van der Waals surface area contributed by atoms with E-state index in [-0.39, 0.29) is 6.03 Å². The highest BCUT2D eigenvalue weighted by Crippen LogP contribution is 2.16. The summed E-state index contributed by atoms with van der Waals surface area (Å²) in [5.74, 6) is 0. The largest absolute Gasteiger partial charge is 0.345 e. The number of halogens is 1. The summed E-state index contributed by atoms with van der Waals surface area (Å²) in [6.07, 6.45) is 3.89. The van der Waals surface area contributed by atoms with E-state index in [1.807, 2.05) is 53.6 Å². The van der Waals surface area contributed by atoms with Crippen LogP contribution in [0.25, 0.3) is 0 Å². The summed E-state index contributed by atoms with van der Waals surface area (Å²) in [5.41, 5.74) is 4.28. The van der Waals surface area contributed by atoms with Gasteiger partial charge in [0.25, 0.3) is 0 Å². The molecule has 152 valence electrons.